The molecule has 1 fully saturated rings. The Bertz CT molecular complexity index is 918. The highest BCUT2D eigenvalue weighted by molar-refractivity contribution is 5.91. The first-order valence-electron chi connectivity index (χ1n) is 9.28. The average Bonchev–Trinajstić information content (AvgIpc) is 3.17. The topological polar surface area (TPSA) is 58.2 Å². The summed E-state index contributed by atoms with van der Waals surface area (Å²) in [5, 5.41) is 0. The summed E-state index contributed by atoms with van der Waals surface area (Å²) in [6.45, 7) is 1.51. The Morgan fingerprint density at radius 3 is 2.59 bits per heavy atom. The van der Waals surface area contributed by atoms with Gasteiger partial charge in [0.2, 0.25) is 5.91 Å². The second-order valence-electron chi connectivity index (χ2n) is 6.85. The molecule has 4 rings (SSSR count). The van der Waals surface area contributed by atoms with Crippen molar-refractivity contribution >= 4 is 23.0 Å². The molecule has 0 saturated carbocycles. The van der Waals surface area contributed by atoms with Crippen molar-refractivity contribution in [1.29, 1.82) is 0 Å². The number of fused-ring (bicyclic) bond motifs is 1. The minimum absolute atomic E-state index is 0.0638. The molecule has 0 aliphatic carbocycles. The number of nitrogens with zero attached hydrogens (tertiary/aromatic N) is 2. The van der Waals surface area contributed by atoms with Gasteiger partial charge >= 0.3 is 0 Å². The molecule has 2 aromatic carbocycles. The third-order valence-electron chi connectivity index (χ3n) is 5.14. The summed E-state index contributed by atoms with van der Waals surface area (Å²) in [5.41, 5.74) is 3.07. The molecule has 1 saturated heterocycles. The van der Waals surface area contributed by atoms with Gasteiger partial charge in [0, 0.05) is 25.1 Å². The average molecular weight is 361 g/mol. The van der Waals surface area contributed by atoms with E-state index in [4.69, 9.17) is 9.72 Å². The molecule has 5 nitrogen and oxygen atoms in total. The maximum Gasteiger partial charge on any atom is 0.246 e. The summed E-state index contributed by atoms with van der Waals surface area (Å²) in [6.07, 6.45) is 5.38. The third kappa shape index (κ3) is 3.87. The van der Waals surface area contributed by atoms with Crippen molar-refractivity contribution in [1.82, 2.24) is 14.9 Å². The van der Waals surface area contributed by atoms with Gasteiger partial charge in [-0.25, -0.2) is 4.98 Å². The number of carbonyl (C=O) groups is 1. The van der Waals surface area contributed by atoms with Crippen molar-refractivity contribution in [3.8, 4) is 5.75 Å². The number of aromatic amines is 1. The maximum absolute atomic E-state index is 12.5. The Hall–Kier alpha value is -3.08. The Balaban J connectivity index is 1.35. The molecule has 0 bridgehead atoms. The highest BCUT2D eigenvalue weighted by Crippen LogP contribution is 2.27. The minimum Gasteiger partial charge on any atom is -0.497 e. The number of hydrogen-bond acceptors (Lipinski definition) is 3. The number of ether oxygens (including phenoxy) is 1. The highest BCUT2D eigenvalue weighted by Gasteiger charge is 2.24. The number of benzene rings is 2. The van der Waals surface area contributed by atoms with Crippen LogP contribution in [0.3, 0.4) is 0 Å². The molecule has 27 heavy (non-hydrogen) atoms. The zero-order valence-electron chi connectivity index (χ0n) is 15.4. The highest BCUT2D eigenvalue weighted by atomic mass is 16.5. The van der Waals surface area contributed by atoms with Gasteiger partial charge < -0.3 is 14.6 Å². The molecule has 138 valence electrons. The van der Waals surface area contributed by atoms with Crippen LogP contribution in [-0.2, 0) is 4.79 Å². The first-order chi connectivity index (χ1) is 13.2. The Morgan fingerprint density at radius 2 is 1.89 bits per heavy atom. The number of nitrogens with one attached hydrogen (secondary N) is 1. The number of imidazole rings is 1. The van der Waals surface area contributed by atoms with Crippen LogP contribution in [-0.4, -0.2) is 41.0 Å². The summed E-state index contributed by atoms with van der Waals surface area (Å²) in [7, 11) is 1.64. The van der Waals surface area contributed by atoms with E-state index in [1.807, 2.05) is 53.4 Å². The molecule has 1 aromatic heterocycles. The van der Waals surface area contributed by atoms with Crippen LogP contribution in [0, 0.1) is 0 Å². The van der Waals surface area contributed by atoms with Crippen LogP contribution in [0.4, 0.5) is 0 Å². The number of hydrogen-bond donors (Lipinski definition) is 1. The number of aromatic nitrogens is 2. The van der Waals surface area contributed by atoms with Gasteiger partial charge in [-0.3, -0.25) is 4.79 Å². The van der Waals surface area contributed by atoms with Crippen molar-refractivity contribution in [3.05, 3.63) is 66.0 Å². The van der Waals surface area contributed by atoms with Crippen LogP contribution in [0.25, 0.3) is 17.1 Å². The summed E-state index contributed by atoms with van der Waals surface area (Å²) in [4.78, 5) is 22.5. The summed E-state index contributed by atoms with van der Waals surface area (Å²) >= 11 is 0. The number of rotatable bonds is 4. The van der Waals surface area contributed by atoms with E-state index in [0.29, 0.717) is 5.92 Å². The minimum atomic E-state index is 0.0638. The number of H-pyrrole nitrogens is 1. The second kappa shape index (κ2) is 7.66. The fourth-order valence-corrected chi connectivity index (χ4v) is 3.53. The standard InChI is InChI=1S/C22H23N3O2/c1-27-18-9-6-16(7-10-18)8-11-21(26)25-14-12-17(13-15-25)22-23-19-4-2-3-5-20(19)24-22/h2-11,17H,12-15H2,1H3,(H,23,24). The summed E-state index contributed by atoms with van der Waals surface area (Å²) in [6, 6.07) is 15.8. The van der Waals surface area contributed by atoms with E-state index in [0.717, 1.165) is 54.1 Å². The van der Waals surface area contributed by atoms with E-state index in [1.165, 1.54) is 0 Å². The lowest BCUT2D eigenvalue weighted by atomic mass is 9.96. The first-order valence-corrected chi connectivity index (χ1v) is 9.28. The van der Waals surface area contributed by atoms with Crippen molar-refractivity contribution in [2.75, 3.05) is 20.2 Å². The molecule has 3 aromatic rings. The number of piperidine rings is 1. The maximum atomic E-state index is 12.5. The molecule has 5 heteroatoms. The molecule has 1 aliphatic rings. The van der Waals surface area contributed by atoms with Gasteiger partial charge in [-0.1, -0.05) is 24.3 Å². The lowest BCUT2D eigenvalue weighted by molar-refractivity contribution is -0.127. The summed E-state index contributed by atoms with van der Waals surface area (Å²) in [5.74, 6) is 2.30. The van der Waals surface area contributed by atoms with Gasteiger partial charge in [0.15, 0.2) is 0 Å². The van der Waals surface area contributed by atoms with Crippen molar-refractivity contribution in [2.24, 2.45) is 0 Å². The second-order valence-corrected chi connectivity index (χ2v) is 6.85. The number of methoxy groups -OCH3 is 1. The molecular formula is C22H23N3O2. The van der Waals surface area contributed by atoms with Crippen LogP contribution >= 0.6 is 0 Å². The number of amides is 1. The molecule has 1 aliphatic heterocycles. The summed E-state index contributed by atoms with van der Waals surface area (Å²) < 4.78 is 5.15. The van der Waals surface area contributed by atoms with Gasteiger partial charge in [-0.15, -0.1) is 0 Å². The third-order valence-corrected chi connectivity index (χ3v) is 5.14. The van der Waals surface area contributed by atoms with E-state index in [1.54, 1.807) is 13.2 Å². The quantitative estimate of drug-likeness (QED) is 0.715. The molecule has 1 amide bonds. The van der Waals surface area contributed by atoms with E-state index >= 15 is 0 Å². The molecular weight excluding hydrogens is 338 g/mol. The molecule has 0 radical (unpaired) electrons. The predicted octanol–water partition coefficient (Wildman–Crippen LogP) is 3.99. The monoisotopic (exact) mass is 361 g/mol. The van der Waals surface area contributed by atoms with Crippen LogP contribution in [0.2, 0.25) is 0 Å². The molecule has 0 atom stereocenters. The number of para-hydroxylation sites is 2. The molecule has 2 heterocycles. The zero-order valence-corrected chi connectivity index (χ0v) is 15.4. The lowest BCUT2D eigenvalue weighted by Gasteiger charge is -2.30. The number of likely N-dealkylation sites (tertiary alicyclic amines) is 1. The Labute approximate surface area is 158 Å². The fourth-order valence-electron chi connectivity index (χ4n) is 3.53. The number of carbonyl (C=O) groups excluding carboxylic acids is 1. The van der Waals surface area contributed by atoms with E-state index in [-0.39, 0.29) is 5.91 Å². The molecule has 0 unspecified atom stereocenters. The van der Waals surface area contributed by atoms with E-state index < -0.39 is 0 Å². The van der Waals surface area contributed by atoms with Crippen LogP contribution in [0.5, 0.6) is 5.75 Å². The van der Waals surface area contributed by atoms with Gasteiger partial charge in [-0.2, -0.15) is 0 Å². The van der Waals surface area contributed by atoms with E-state index in [9.17, 15) is 4.79 Å². The SMILES string of the molecule is COc1ccc(C=CC(=O)N2CCC(c3nc4ccccc4[nH]3)CC2)cc1. The smallest absolute Gasteiger partial charge is 0.246 e. The van der Waals surface area contributed by atoms with Crippen LogP contribution in [0.1, 0.15) is 30.1 Å². The van der Waals surface area contributed by atoms with Crippen molar-refractivity contribution in [2.45, 2.75) is 18.8 Å². The molecule has 1 N–H and O–H groups in total. The predicted molar refractivity (Wildman–Crippen MR) is 107 cm³/mol. The van der Waals surface area contributed by atoms with Gasteiger partial charge in [0.25, 0.3) is 0 Å². The van der Waals surface area contributed by atoms with Crippen LogP contribution in [0.15, 0.2) is 54.6 Å². The largest absolute Gasteiger partial charge is 0.497 e. The fraction of sp³-hybridized carbons (Fsp3) is 0.273. The van der Waals surface area contributed by atoms with Gasteiger partial charge in [0.1, 0.15) is 11.6 Å². The normalized spacial score (nSPS) is 15.5. The first kappa shape index (κ1) is 17.3. The van der Waals surface area contributed by atoms with Gasteiger partial charge in [-0.05, 0) is 48.7 Å². The lowest BCUT2D eigenvalue weighted by Crippen LogP contribution is -2.37. The van der Waals surface area contributed by atoms with Crippen LogP contribution < -0.4 is 4.74 Å². The van der Waals surface area contributed by atoms with E-state index in [2.05, 4.69) is 11.1 Å². The van der Waals surface area contributed by atoms with Crippen molar-refractivity contribution < 1.29 is 9.53 Å². The van der Waals surface area contributed by atoms with Gasteiger partial charge in [0.05, 0.1) is 18.1 Å². The Morgan fingerprint density at radius 1 is 1.15 bits per heavy atom. The zero-order chi connectivity index (χ0) is 18.6. The Kier molecular flexibility index (Phi) is 4.92. The van der Waals surface area contributed by atoms with Crippen molar-refractivity contribution in [3.63, 3.8) is 0 Å². The molecule has 0 spiro atoms.